The van der Waals surface area contributed by atoms with E-state index in [0.717, 1.165) is 23.1 Å². The van der Waals surface area contributed by atoms with Crippen molar-refractivity contribution >= 4 is 11.6 Å². The molecule has 3 rings (SSSR count). The lowest BCUT2D eigenvalue weighted by atomic mass is 9.96. The summed E-state index contributed by atoms with van der Waals surface area (Å²) < 4.78 is 28.4. The van der Waals surface area contributed by atoms with Crippen LogP contribution in [0.25, 0.3) is 0 Å². The molecule has 1 aromatic carbocycles. The van der Waals surface area contributed by atoms with E-state index < -0.39 is 17.4 Å². The van der Waals surface area contributed by atoms with Crippen LogP contribution in [0.2, 0.25) is 0 Å². The summed E-state index contributed by atoms with van der Waals surface area (Å²) in [5.74, 6) is -4.98. The van der Waals surface area contributed by atoms with Gasteiger partial charge in [0.2, 0.25) is 0 Å². The Hall–Kier alpha value is -3.09. The third-order valence-corrected chi connectivity index (χ3v) is 4.28. The second kappa shape index (κ2) is 7.03. The van der Waals surface area contributed by atoms with Gasteiger partial charge >= 0.3 is 5.92 Å². The molecule has 3 aromatic rings. The highest BCUT2D eigenvalue weighted by molar-refractivity contribution is 5.96. The van der Waals surface area contributed by atoms with Gasteiger partial charge in [0.1, 0.15) is 0 Å². The molecule has 0 spiro atoms. The van der Waals surface area contributed by atoms with Gasteiger partial charge in [-0.2, -0.15) is 8.78 Å². The van der Waals surface area contributed by atoms with Crippen LogP contribution in [0.15, 0.2) is 55.1 Å². The van der Waals surface area contributed by atoms with Crippen LogP contribution in [-0.4, -0.2) is 20.9 Å². The van der Waals surface area contributed by atoms with Crippen molar-refractivity contribution in [2.75, 3.05) is 5.32 Å². The van der Waals surface area contributed by atoms with Gasteiger partial charge in [-0.1, -0.05) is 19.1 Å². The summed E-state index contributed by atoms with van der Waals surface area (Å²) >= 11 is 0. The van der Waals surface area contributed by atoms with Gasteiger partial charge in [-0.05, 0) is 36.8 Å². The third kappa shape index (κ3) is 3.46. The van der Waals surface area contributed by atoms with E-state index in [9.17, 15) is 13.6 Å². The molecule has 0 radical (unpaired) electrons. The molecule has 0 aliphatic heterocycles. The number of hydrogen-bond donors (Lipinski definition) is 2. The molecule has 7 heteroatoms. The first-order valence-corrected chi connectivity index (χ1v) is 8.09. The first-order chi connectivity index (χ1) is 12.4. The predicted molar refractivity (Wildman–Crippen MR) is 94.0 cm³/mol. The maximum absolute atomic E-state index is 14.2. The topological polar surface area (TPSA) is 70.7 Å². The van der Waals surface area contributed by atoms with Crippen molar-refractivity contribution in [3.63, 3.8) is 0 Å². The molecular formula is C19H18F2N4O. The Morgan fingerprint density at radius 2 is 1.96 bits per heavy atom. The maximum Gasteiger partial charge on any atom is 0.351 e. The van der Waals surface area contributed by atoms with Crippen molar-refractivity contribution in [3.8, 4) is 0 Å². The number of pyridine rings is 1. The fraction of sp³-hybridized carbons (Fsp3) is 0.211. The molecular weight excluding hydrogens is 338 g/mol. The van der Waals surface area contributed by atoms with Gasteiger partial charge in [-0.3, -0.25) is 9.78 Å². The Bertz CT molecular complexity index is 891. The highest BCUT2D eigenvalue weighted by atomic mass is 19.3. The third-order valence-electron chi connectivity index (χ3n) is 4.28. The number of carbonyl (C=O) groups excluding carboxylic acids is 1. The number of hydrogen-bond acceptors (Lipinski definition) is 3. The zero-order valence-electron chi connectivity index (χ0n) is 14.3. The normalized spacial score (nSPS) is 12.6. The second-order valence-electron chi connectivity index (χ2n) is 6.02. The monoisotopic (exact) mass is 356 g/mol. The van der Waals surface area contributed by atoms with Gasteiger partial charge in [-0.15, -0.1) is 0 Å². The Balaban J connectivity index is 1.73. The van der Waals surface area contributed by atoms with Crippen LogP contribution in [0.3, 0.4) is 0 Å². The molecule has 1 amide bonds. The minimum atomic E-state index is -3.66. The van der Waals surface area contributed by atoms with Crippen LogP contribution >= 0.6 is 0 Å². The van der Waals surface area contributed by atoms with E-state index in [1.54, 1.807) is 30.6 Å². The van der Waals surface area contributed by atoms with Crippen LogP contribution in [0.1, 0.15) is 35.4 Å². The summed E-state index contributed by atoms with van der Waals surface area (Å²) in [5.41, 5.74) is 2.73. The number of aromatic nitrogens is 3. The van der Waals surface area contributed by atoms with Crippen molar-refractivity contribution in [1.82, 2.24) is 15.0 Å². The molecule has 0 saturated carbocycles. The van der Waals surface area contributed by atoms with E-state index in [-0.39, 0.29) is 5.92 Å². The fourth-order valence-corrected chi connectivity index (χ4v) is 2.72. The smallest absolute Gasteiger partial charge is 0.348 e. The van der Waals surface area contributed by atoms with Crippen LogP contribution < -0.4 is 5.32 Å². The number of aromatic amines is 1. The number of rotatable bonds is 5. The van der Waals surface area contributed by atoms with Crippen molar-refractivity contribution in [2.24, 2.45) is 0 Å². The van der Waals surface area contributed by atoms with E-state index in [0.29, 0.717) is 5.69 Å². The fourth-order valence-electron chi connectivity index (χ4n) is 2.72. The highest BCUT2D eigenvalue weighted by Crippen LogP contribution is 2.30. The van der Waals surface area contributed by atoms with E-state index >= 15 is 0 Å². The molecule has 2 aromatic heterocycles. The Labute approximate surface area is 149 Å². The SMILES string of the molecule is Cc1nc[nH]c1[C@H](C)c1ccc(NC(=O)C(F)(F)c2cccnc2)cc1. The number of benzene rings is 1. The Kier molecular flexibility index (Phi) is 4.79. The number of H-pyrrole nitrogens is 1. The van der Waals surface area contributed by atoms with E-state index in [1.807, 2.05) is 13.8 Å². The lowest BCUT2D eigenvalue weighted by molar-refractivity contribution is -0.141. The first-order valence-electron chi connectivity index (χ1n) is 8.09. The van der Waals surface area contributed by atoms with Gasteiger partial charge in [0, 0.05) is 35.3 Å². The number of nitrogens with zero attached hydrogens (tertiary/aromatic N) is 2. The van der Waals surface area contributed by atoms with Crippen molar-refractivity contribution in [3.05, 3.63) is 77.6 Å². The highest BCUT2D eigenvalue weighted by Gasteiger charge is 2.41. The average molecular weight is 356 g/mol. The molecule has 0 fully saturated rings. The lowest BCUT2D eigenvalue weighted by Gasteiger charge is -2.17. The number of imidazole rings is 1. The zero-order valence-corrected chi connectivity index (χ0v) is 14.3. The van der Waals surface area contributed by atoms with Crippen LogP contribution in [0.5, 0.6) is 0 Å². The number of aryl methyl sites for hydroxylation is 1. The van der Waals surface area contributed by atoms with Gasteiger partial charge in [0.05, 0.1) is 12.0 Å². The van der Waals surface area contributed by atoms with Gasteiger partial charge in [0.25, 0.3) is 5.91 Å². The molecule has 5 nitrogen and oxygen atoms in total. The maximum atomic E-state index is 14.2. The molecule has 26 heavy (non-hydrogen) atoms. The molecule has 1 atom stereocenters. The number of carbonyl (C=O) groups is 1. The number of anilines is 1. The number of alkyl halides is 2. The van der Waals surface area contributed by atoms with Crippen LogP contribution in [0.4, 0.5) is 14.5 Å². The number of amides is 1. The molecule has 2 N–H and O–H groups in total. The molecule has 134 valence electrons. The van der Waals surface area contributed by atoms with Gasteiger partial charge in [-0.25, -0.2) is 4.98 Å². The minimum absolute atomic E-state index is 0.0686. The van der Waals surface area contributed by atoms with Crippen molar-refractivity contribution in [2.45, 2.75) is 25.7 Å². The van der Waals surface area contributed by atoms with Gasteiger partial charge in [0.15, 0.2) is 0 Å². The second-order valence-corrected chi connectivity index (χ2v) is 6.02. The molecule has 0 unspecified atom stereocenters. The van der Waals surface area contributed by atoms with E-state index in [4.69, 9.17) is 0 Å². The summed E-state index contributed by atoms with van der Waals surface area (Å²) in [6.07, 6.45) is 3.99. The molecule has 0 aliphatic carbocycles. The van der Waals surface area contributed by atoms with E-state index in [2.05, 4.69) is 20.3 Å². The standard InChI is InChI=1S/C19H18F2N4O/c1-12(17-13(2)23-11-24-17)14-5-7-16(8-6-14)25-18(26)19(20,21)15-4-3-9-22-10-15/h3-12H,1-2H3,(H,23,24)(H,25,26)/t12-/m1/s1. The first kappa shape index (κ1) is 17.7. The number of halogens is 2. The largest absolute Gasteiger partial charge is 0.351 e. The molecule has 2 heterocycles. The van der Waals surface area contributed by atoms with Crippen molar-refractivity contribution < 1.29 is 13.6 Å². The average Bonchev–Trinajstić information content (AvgIpc) is 3.08. The Morgan fingerprint density at radius 3 is 2.54 bits per heavy atom. The van der Waals surface area contributed by atoms with Crippen LogP contribution in [-0.2, 0) is 10.7 Å². The molecule has 0 aliphatic rings. The van der Waals surface area contributed by atoms with Gasteiger partial charge < -0.3 is 10.3 Å². The summed E-state index contributed by atoms with van der Waals surface area (Å²) in [6.45, 7) is 3.93. The molecule has 0 saturated heterocycles. The summed E-state index contributed by atoms with van der Waals surface area (Å²) in [5, 5.41) is 2.26. The Morgan fingerprint density at radius 1 is 1.23 bits per heavy atom. The summed E-state index contributed by atoms with van der Waals surface area (Å²) in [6, 6.07) is 9.34. The molecule has 0 bridgehead atoms. The van der Waals surface area contributed by atoms with Crippen LogP contribution in [0, 0.1) is 6.92 Å². The van der Waals surface area contributed by atoms with E-state index in [1.165, 1.54) is 18.3 Å². The predicted octanol–water partition coefficient (Wildman–Crippen LogP) is 4.00. The zero-order chi connectivity index (χ0) is 18.7. The lowest BCUT2D eigenvalue weighted by Crippen LogP contribution is -2.32. The summed E-state index contributed by atoms with van der Waals surface area (Å²) in [7, 11) is 0. The number of nitrogens with one attached hydrogen (secondary N) is 2. The summed E-state index contributed by atoms with van der Waals surface area (Å²) in [4.78, 5) is 22.9. The van der Waals surface area contributed by atoms with Crippen molar-refractivity contribution in [1.29, 1.82) is 0 Å². The minimum Gasteiger partial charge on any atom is -0.348 e. The quantitative estimate of drug-likeness (QED) is 0.726.